The summed E-state index contributed by atoms with van der Waals surface area (Å²) in [5, 5.41) is 9.42. The number of benzene rings is 2. The van der Waals surface area contributed by atoms with Gasteiger partial charge in [-0.25, -0.2) is 13.2 Å². The van der Waals surface area contributed by atoms with Gasteiger partial charge in [-0.05, 0) is 42.2 Å². The number of anilines is 1. The quantitative estimate of drug-likeness (QED) is 0.465. The van der Waals surface area contributed by atoms with E-state index >= 15 is 4.39 Å². The van der Waals surface area contributed by atoms with Crippen LogP contribution in [-0.4, -0.2) is 73.6 Å². The van der Waals surface area contributed by atoms with Gasteiger partial charge in [0.05, 0.1) is 24.3 Å². The van der Waals surface area contributed by atoms with Crippen LogP contribution >= 0.6 is 23.2 Å². The summed E-state index contributed by atoms with van der Waals surface area (Å²) in [4.78, 5) is 30.4. The van der Waals surface area contributed by atoms with E-state index in [9.17, 15) is 18.4 Å². The minimum Gasteiger partial charge on any atom is -0.379 e. The Hall–Kier alpha value is -2.37. The Morgan fingerprint density at radius 1 is 1.10 bits per heavy atom. The molecule has 7 nitrogen and oxygen atoms in total. The predicted octanol–water partition coefficient (Wildman–Crippen LogP) is 4.47. The summed E-state index contributed by atoms with van der Waals surface area (Å²) in [7, 11) is 0. The number of halogens is 5. The van der Waals surface area contributed by atoms with E-state index in [0.717, 1.165) is 13.1 Å². The van der Waals surface area contributed by atoms with Crippen LogP contribution in [0, 0.1) is 5.82 Å². The largest absolute Gasteiger partial charge is 0.379 e. The molecule has 1 aliphatic carbocycles. The lowest BCUT2D eigenvalue weighted by atomic mass is 9.55. The van der Waals surface area contributed by atoms with E-state index in [-0.39, 0.29) is 23.4 Å². The highest BCUT2D eigenvalue weighted by Gasteiger charge is 2.73. The molecule has 2 saturated heterocycles. The highest BCUT2D eigenvalue weighted by atomic mass is 35.5. The van der Waals surface area contributed by atoms with Crippen molar-refractivity contribution in [3.8, 4) is 0 Å². The second kappa shape index (κ2) is 10.7. The van der Waals surface area contributed by atoms with Crippen molar-refractivity contribution in [2.24, 2.45) is 0 Å². The van der Waals surface area contributed by atoms with Crippen molar-refractivity contribution in [1.82, 2.24) is 15.5 Å². The third-order valence-electron chi connectivity index (χ3n) is 9.26. The Morgan fingerprint density at radius 2 is 1.83 bits per heavy atom. The van der Waals surface area contributed by atoms with Crippen molar-refractivity contribution in [1.29, 1.82) is 0 Å². The predicted molar refractivity (Wildman–Crippen MR) is 149 cm³/mol. The molecule has 2 aromatic carbocycles. The van der Waals surface area contributed by atoms with Crippen LogP contribution in [0.3, 0.4) is 0 Å². The average Bonchev–Trinajstić information content (AvgIpc) is 3.40. The summed E-state index contributed by atoms with van der Waals surface area (Å²) in [6, 6.07) is 8.27. The van der Waals surface area contributed by atoms with Crippen LogP contribution < -0.4 is 16.0 Å². The lowest BCUT2D eigenvalue weighted by Crippen LogP contribution is -2.62. The molecule has 41 heavy (non-hydrogen) atoms. The summed E-state index contributed by atoms with van der Waals surface area (Å²) < 4.78 is 50.4. The number of carbonyl (C=O) groups excluding carboxylic acids is 2. The van der Waals surface area contributed by atoms with Gasteiger partial charge in [-0.15, -0.1) is 0 Å². The van der Waals surface area contributed by atoms with Crippen LogP contribution in [0.25, 0.3) is 0 Å². The number of morpholine rings is 1. The zero-order valence-electron chi connectivity index (χ0n) is 22.3. The van der Waals surface area contributed by atoms with E-state index in [0.29, 0.717) is 42.6 Å². The third kappa shape index (κ3) is 4.72. The molecule has 12 heteroatoms. The Bertz CT molecular complexity index is 1360. The highest BCUT2D eigenvalue weighted by molar-refractivity contribution is 6.31. The standard InChI is InChI=1S/C29H31Cl2F3N4O3/c30-17-4-5-19-21(16-17)36-26(40)29(19)22(18-2-1-3-20(31)23(18)32)24(37-27(29)6-8-28(33,34)9-7-27)25(39)35-10-11-38-12-14-41-15-13-38/h1-5,16,22,24,37H,6-15H2,(H,35,39)(H,36,40)/t22-,24+,29?/m0/s1. The number of hydrogen-bond donors (Lipinski definition) is 3. The fourth-order valence-corrected chi connectivity index (χ4v) is 7.73. The second-order valence-electron chi connectivity index (χ2n) is 11.4. The maximum absolute atomic E-state index is 15.9. The van der Waals surface area contributed by atoms with Crippen LogP contribution in [0.15, 0.2) is 36.4 Å². The Labute approximate surface area is 246 Å². The van der Waals surface area contributed by atoms with Gasteiger partial charge in [0, 0.05) is 61.2 Å². The van der Waals surface area contributed by atoms with Gasteiger partial charge in [0.25, 0.3) is 0 Å². The molecule has 1 unspecified atom stereocenters. The van der Waals surface area contributed by atoms with Crippen LogP contribution in [0.4, 0.5) is 18.9 Å². The molecule has 4 aliphatic rings. The topological polar surface area (TPSA) is 82.7 Å². The van der Waals surface area contributed by atoms with Gasteiger partial charge in [-0.2, -0.15) is 0 Å². The molecular formula is C29H31Cl2F3N4O3. The van der Waals surface area contributed by atoms with Crippen molar-refractivity contribution in [3.63, 3.8) is 0 Å². The molecule has 6 rings (SSSR count). The van der Waals surface area contributed by atoms with E-state index in [2.05, 4.69) is 20.9 Å². The summed E-state index contributed by atoms with van der Waals surface area (Å²) in [5.41, 5.74) is -1.85. The molecule has 0 bridgehead atoms. The first kappa shape index (κ1) is 28.7. The molecule has 0 aromatic heterocycles. The van der Waals surface area contributed by atoms with Crippen molar-refractivity contribution >= 4 is 40.7 Å². The number of ether oxygens (including phenoxy) is 1. The summed E-state index contributed by atoms with van der Waals surface area (Å²) >= 11 is 12.5. The van der Waals surface area contributed by atoms with Gasteiger partial charge >= 0.3 is 0 Å². The van der Waals surface area contributed by atoms with E-state index < -0.39 is 59.3 Å². The molecule has 3 atom stereocenters. The third-order valence-corrected chi connectivity index (χ3v) is 9.79. The van der Waals surface area contributed by atoms with E-state index in [1.165, 1.54) is 12.1 Å². The first-order chi connectivity index (χ1) is 19.6. The van der Waals surface area contributed by atoms with Gasteiger partial charge in [0.1, 0.15) is 11.2 Å². The molecule has 3 N–H and O–H groups in total. The number of hydrogen-bond acceptors (Lipinski definition) is 5. The monoisotopic (exact) mass is 610 g/mol. The van der Waals surface area contributed by atoms with Gasteiger partial charge in [0.2, 0.25) is 17.7 Å². The molecule has 2 aromatic rings. The van der Waals surface area contributed by atoms with Crippen molar-refractivity contribution in [3.05, 3.63) is 63.4 Å². The smallest absolute Gasteiger partial charge is 0.248 e. The van der Waals surface area contributed by atoms with E-state index in [4.69, 9.17) is 27.9 Å². The summed E-state index contributed by atoms with van der Waals surface area (Å²) in [6.07, 6.45) is -1.14. The second-order valence-corrected chi connectivity index (χ2v) is 12.2. The van der Waals surface area contributed by atoms with E-state index in [1.54, 1.807) is 24.3 Å². The summed E-state index contributed by atoms with van der Waals surface area (Å²) in [5.74, 6) is -5.67. The number of amides is 2. The maximum Gasteiger partial charge on any atom is 0.248 e. The van der Waals surface area contributed by atoms with E-state index in [1.807, 2.05) is 0 Å². The van der Waals surface area contributed by atoms with Crippen LogP contribution in [0.2, 0.25) is 10.0 Å². The number of alkyl halides is 2. The van der Waals surface area contributed by atoms with Gasteiger partial charge < -0.3 is 15.4 Å². The molecule has 3 fully saturated rings. The normalized spacial score (nSPS) is 28.6. The molecule has 3 aliphatic heterocycles. The number of nitrogens with one attached hydrogen (secondary N) is 3. The molecule has 2 spiro atoms. The highest BCUT2D eigenvalue weighted by Crippen LogP contribution is 2.63. The summed E-state index contributed by atoms with van der Waals surface area (Å²) in [6.45, 7) is 3.62. The van der Waals surface area contributed by atoms with Gasteiger partial charge in [0.15, 0.2) is 0 Å². The number of nitrogens with zero attached hydrogens (tertiary/aromatic N) is 1. The van der Waals surface area contributed by atoms with Crippen molar-refractivity contribution < 1.29 is 27.5 Å². The number of rotatable bonds is 5. The Kier molecular flexibility index (Phi) is 7.51. The molecule has 220 valence electrons. The Balaban J connectivity index is 1.47. The van der Waals surface area contributed by atoms with Gasteiger partial charge in [-0.3, -0.25) is 19.8 Å². The minimum absolute atomic E-state index is 0.0745. The van der Waals surface area contributed by atoms with Crippen LogP contribution in [0.1, 0.15) is 42.7 Å². The first-order valence-corrected chi connectivity index (χ1v) is 14.6. The molecule has 1 saturated carbocycles. The zero-order chi connectivity index (χ0) is 29.0. The molecule has 3 heterocycles. The SMILES string of the molecule is O=C(NCCN1CCOCC1)[C@@H]1NC2(CCC(F)(F)CC2)C2(C(=O)Nc3cc(Cl)ccc32)[C@H]1c1cccc(Cl)c1F. The Morgan fingerprint density at radius 3 is 2.56 bits per heavy atom. The van der Waals surface area contributed by atoms with Gasteiger partial charge in [-0.1, -0.05) is 41.4 Å². The number of carbonyl (C=O) groups is 2. The lowest BCUT2D eigenvalue weighted by molar-refractivity contribution is -0.126. The lowest BCUT2D eigenvalue weighted by Gasteiger charge is -2.48. The van der Waals surface area contributed by atoms with Crippen LogP contribution in [0.5, 0.6) is 0 Å². The number of fused-ring (bicyclic) bond motifs is 3. The average molecular weight is 611 g/mol. The fraction of sp³-hybridized carbons (Fsp3) is 0.517. The molecule has 2 amide bonds. The maximum atomic E-state index is 15.9. The molecular weight excluding hydrogens is 580 g/mol. The van der Waals surface area contributed by atoms with Crippen LogP contribution in [-0.2, 0) is 19.7 Å². The van der Waals surface area contributed by atoms with Crippen molar-refractivity contribution in [2.75, 3.05) is 44.7 Å². The first-order valence-electron chi connectivity index (χ1n) is 13.9. The fourth-order valence-electron chi connectivity index (χ4n) is 7.38. The zero-order valence-corrected chi connectivity index (χ0v) is 23.8. The molecule has 0 radical (unpaired) electrons. The minimum atomic E-state index is -2.92. The van der Waals surface area contributed by atoms with Crippen molar-refractivity contribution in [2.45, 2.75) is 54.5 Å².